The monoisotopic (exact) mass is 566 g/mol. The Balaban J connectivity index is 1.30. The molecule has 0 unspecified atom stereocenters. The van der Waals surface area contributed by atoms with Gasteiger partial charge in [0, 0.05) is 29.7 Å². The van der Waals surface area contributed by atoms with E-state index < -0.39 is 23.5 Å². The zero-order valence-corrected chi connectivity index (χ0v) is 21.8. The molecule has 1 amide bonds. The van der Waals surface area contributed by atoms with Crippen molar-refractivity contribution < 1.29 is 18.0 Å². The van der Waals surface area contributed by atoms with Crippen molar-refractivity contribution in [3.8, 4) is 22.9 Å². The largest absolute Gasteiger partial charge is 0.383 e. The number of imidazole rings is 1. The number of nitrogens with zero attached hydrogens (tertiary/aromatic N) is 6. The van der Waals surface area contributed by atoms with E-state index in [9.17, 15) is 18.0 Å². The number of aromatic nitrogens is 6. The number of hydrogen-bond acceptors (Lipinski definition) is 6. The molecule has 1 atom stereocenters. The van der Waals surface area contributed by atoms with Crippen LogP contribution in [0.4, 0.5) is 19.0 Å². The molecular weight excluding hydrogens is 545 g/mol. The zero-order valence-electron chi connectivity index (χ0n) is 21.8. The molecule has 0 bridgehead atoms. The second kappa shape index (κ2) is 9.84. The van der Waals surface area contributed by atoms with Crippen molar-refractivity contribution in [2.24, 2.45) is 0 Å². The Bertz CT molecular complexity index is 2020. The third-order valence-corrected chi connectivity index (χ3v) is 7.31. The molecule has 42 heavy (non-hydrogen) atoms. The van der Waals surface area contributed by atoms with Crippen molar-refractivity contribution in [2.45, 2.75) is 18.9 Å². The molecule has 12 heteroatoms. The number of carbonyl (C=O) groups excluding carboxylic acids is 1. The number of anilines is 1. The van der Waals surface area contributed by atoms with Crippen LogP contribution in [0.25, 0.3) is 34.1 Å². The molecule has 0 radical (unpaired) electrons. The van der Waals surface area contributed by atoms with E-state index in [0.717, 1.165) is 28.9 Å². The van der Waals surface area contributed by atoms with E-state index in [1.165, 1.54) is 23.0 Å². The molecule has 2 aromatic carbocycles. The standard InChI is InChI=1S/C30H21F3N8O/c31-21-7-3-17(15-22(21)32)30(42)37-23-8-4-16-14-18(5-6-19(16)23)41-28(20-2-1-12-35-27(20)34)36-24-9-10-26(38-29(24)41)40-13-11-25(33)39-40/h1-3,5-7,9-15,23H,4,8H2,(H2,34,35)(H,37,42)/t23-/m0/s1. The number of halogens is 3. The number of nitrogens with two attached hydrogens (primary N) is 1. The van der Waals surface area contributed by atoms with Crippen molar-refractivity contribution in [3.05, 3.63) is 113 Å². The van der Waals surface area contributed by atoms with Crippen LogP contribution in [-0.4, -0.2) is 35.2 Å². The van der Waals surface area contributed by atoms with Gasteiger partial charge >= 0.3 is 0 Å². The summed E-state index contributed by atoms with van der Waals surface area (Å²) in [6, 6.07) is 16.9. The number of carbonyl (C=O) groups is 1. The Morgan fingerprint density at radius 3 is 2.64 bits per heavy atom. The molecule has 4 heterocycles. The highest BCUT2D eigenvalue weighted by Gasteiger charge is 2.26. The van der Waals surface area contributed by atoms with E-state index >= 15 is 0 Å². The second-order valence-electron chi connectivity index (χ2n) is 9.88. The number of pyridine rings is 2. The molecule has 1 aliphatic rings. The Morgan fingerprint density at radius 2 is 1.86 bits per heavy atom. The van der Waals surface area contributed by atoms with Gasteiger partial charge in [-0.1, -0.05) is 6.07 Å². The first-order valence-corrected chi connectivity index (χ1v) is 13.1. The van der Waals surface area contributed by atoms with Crippen LogP contribution in [-0.2, 0) is 6.42 Å². The summed E-state index contributed by atoms with van der Waals surface area (Å²) < 4.78 is 43.9. The minimum Gasteiger partial charge on any atom is -0.383 e. The van der Waals surface area contributed by atoms with Crippen LogP contribution in [0.2, 0.25) is 0 Å². The van der Waals surface area contributed by atoms with E-state index in [1.807, 2.05) is 28.8 Å². The predicted octanol–water partition coefficient (Wildman–Crippen LogP) is 5.09. The van der Waals surface area contributed by atoms with Gasteiger partial charge in [0.1, 0.15) is 11.3 Å². The topological polar surface area (TPSA) is 117 Å². The van der Waals surface area contributed by atoms with Crippen molar-refractivity contribution >= 4 is 22.9 Å². The number of nitrogens with one attached hydrogen (secondary N) is 1. The number of nitrogen functional groups attached to an aromatic ring is 1. The highest BCUT2D eigenvalue weighted by atomic mass is 19.2. The van der Waals surface area contributed by atoms with Gasteiger partial charge in [0.25, 0.3) is 5.91 Å². The van der Waals surface area contributed by atoms with Gasteiger partial charge in [-0.15, -0.1) is 5.10 Å². The third-order valence-electron chi connectivity index (χ3n) is 7.31. The normalized spacial score (nSPS) is 14.3. The summed E-state index contributed by atoms with van der Waals surface area (Å²) in [4.78, 5) is 26.6. The summed E-state index contributed by atoms with van der Waals surface area (Å²) in [5, 5.41) is 6.76. The Kier molecular flexibility index (Phi) is 5.96. The van der Waals surface area contributed by atoms with E-state index in [4.69, 9.17) is 15.7 Å². The summed E-state index contributed by atoms with van der Waals surface area (Å²) >= 11 is 0. The Labute approximate surface area is 236 Å². The number of aryl methyl sites for hydroxylation is 1. The summed E-state index contributed by atoms with van der Waals surface area (Å²) in [5.41, 5.74) is 10.6. The molecule has 9 nitrogen and oxygen atoms in total. The second-order valence-corrected chi connectivity index (χ2v) is 9.88. The summed E-state index contributed by atoms with van der Waals surface area (Å²) in [5.74, 6) is -1.98. The van der Waals surface area contributed by atoms with Crippen molar-refractivity contribution in [1.82, 2.24) is 34.6 Å². The number of hydrogen-bond donors (Lipinski definition) is 2. The molecule has 0 saturated carbocycles. The van der Waals surface area contributed by atoms with Crippen molar-refractivity contribution in [3.63, 3.8) is 0 Å². The van der Waals surface area contributed by atoms with Crippen LogP contribution in [0.15, 0.2) is 79.1 Å². The fourth-order valence-corrected chi connectivity index (χ4v) is 5.31. The van der Waals surface area contributed by atoms with E-state index in [0.29, 0.717) is 47.0 Å². The lowest BCUT2D eigenvalue weighted by atomic mass is 10.1. The number of amides is 1. The van der Waals surface area contributed by atoms with Crippen LogP contribution < -0.4 is 11.1 Å². The fraction of sp³-hybridized carbons (Fsp3) is 0.100. The molecule has 0 spiro atoms. The first-order valence-electron chi connectivity index (χ1n) is 13.1. The van der Waals surface area contributed by atoms with Crippen LogP contribution in [0.5, 0.6) is 0 Å². The highest BCUT2D eigenvalue weighted by molar-refractivity contribution is 5.94. The summed E-state index contributed by atoms with van der Waals surface area (Å²) in [6.45, 7) is 0. The van der Waals surface area contributed by atoms with Gasteiger partial charge in [-0.3, -0.25) is 9.36 Å². The number of rotatable bonds is 5. The zero-order chi connectivity index (χ0) is 29.0. The molecule has 0 saturated heterocycles. The van der Waals surface area contributed by atoms with Crippen molar-refractivity contribution in [1.29, 1.82) is 0 Å². The summed E-state index contributed by atoms with van der Waals surface area (Å²) in [7, 11) is 0. The van der Waals surface area contributed by atoms with Gasteiger partial charge in [0.15, 0.2) is 28.9 Å². The Hall–Kier alpha value is -5.52. The molecule has 3 N–H and O–H groups in total. The molecular formula is C30H21F3N8O. The first-order chi connectivity index (χ1) is 20.4. The minimum absolute atomic E-state index is 0.0431. The van der Waals surface area contributed by atoms with Gasteiger partial charge in [0.2, 0.25) is 5.95 Å². The van der Waals surface area contributed by atoms with Gasteiger partial charge in [-0.2, -0.15) is 4.39 Å². The fourth-order valence-electron chi connectivity index (χ4n) is 5.31. The van der Waals surface area contributed by atoms with E-state index in [2.05, 4.69) is 15.4 Å². The van der Waals surface area contributed by atoms with Crippen molar-refractivity contribution in [2.75, 3.05) is 5.73 Å². The summed E-state index contributed by atoms with van der Waals surface area (Å²) in [6.07, 6.45) is 4.38. The molecule has 6 aromatic rings. The maximum Gasteiger partial charge on any atom is 0.251 e. The van der Waals surface area contributed by atoms with Crippen LogP contribution in [0.1, 0.15) is 33.9 Å². The molecule has 1 aliphatic carbocycles. The van der Waals surface area contributed by atoms with Gasteiger partial charge in [-0.25, -0.2) is 28.4 Å². The van der Waals surface area contributed by atoms with Gasteiger partial charge in [-0.05, 0) is 78.6 Å². The molecule has 4 aromatic heterocycles. The minimum atomic E-state index is -1.08. The molecule has 208 valence electrons. The molecule has 0 fully saturated rings. The maximum absolute atomic E-state index is 13.7. The van der Waals surface area contributed by atoms with Gasteiger partial charge < -0.3 is 11.1 Å². The quantitative estimate of drug-likeness (QED) is 0.301. The maximum atomic E-state index is 13.7. The average Bonchev–Trinajstić information content (AvgIpc) is 3.71. The molecule has 7 rings (SSSR count). The lowest BCUT2D eigenvalue weighted by Gasteiger charge is -2.16. The van der Waals surface area contributed by atoms with E-state index in [1.54, 1.807) is 24.4 Å². The highest BCUT2D eigenvalue weighted by Crippen LogP contribution is 2.36. The van der Waals surface area contributed by atoms with Gasteiger partial charge in [0.05, 0.1) is 11.6 Å². The molecule has 0 aliphatic heterocycles. The SMILES string of the molecule is Nc1ncccc1-c1nc2ccc(-n3ccc(F)n3)nc2n1-c1ccc2c(c1)CC[C@@H]2NC(=O)c1ccc(F)c(F)c1. The van der Waals surface area contributed by atoms with Crippen LogP contribution >= 0.6 is 0 Å². The third kappa shape index (κ3) is 4.33. The van der Waals surface area contributed by atoms with Crippen LogP contribution in [0, 0.1) is 17.6 Å². The van der Waals surface area contributed by atoms with Crippen LogP contribution in [0.3, 0.4) is 0 Å². The first kappa shape index (κ1) is 25.4. The smallest absolute Gasteiger partial charge is 0.251 e. The number of fused-ring (bicyclic) bond motifs is 2. The Morgan fingerprint density at radius 1 is 0.976 bits per heavy atom. The lowest BCUT2D eigenvalue weighted by molar-refractivity contribution is 0.0936. The lowest BCUT2D eigenvalue weighted by Crippen LogP contribution is -2.27. The number of benzene rings is 2. The predicted molar refractivity (Wildman–Crippen MR) is 148 cm³/mol. The average molecular weight is 567 g/mol. The van der Waals surface area contributed by atoms with E-state index in [-0.39, 0.29) is 11.6 Å².